The summed E-state index contributed by atoms with van der Waals surface area (Å²) in [6, 6.07) is 1.87. The minimum absolute atomic E-state index is 0.170. The summed E-state index contributed by atoms with van der Waals surface area (Å²) in [5.41, 5.74) is -0.0871. The predicted molar refractivity (Wildman–Crippen MR) is 45.3 cm³/mol. The van der Waals surface area contributed by atoms with Gasteiger partial charge in [-0.3, -0.25) is 0 Å². The van der Waals surface area contributed by atoms with Crippen molar-refractivity contribution in [1.82, 2.24) is 0 Å². The monoisotopic (exact) mass is 205 g/mol. The topological polar surface area (TPSA) is 32.6 Å². The van der Waals surface area contributed by atoms with Crippen molar-refractivity contribution in [3.63, 3.8) is 0 Å². The zero-order valence-electron chi connectivity index (χ0n) is 6.68. The Morgan fingerprint density at radius 3 is 2.54 bits per heavy atom. The van der Waals surface area contributed by atoms with Crippen molar-refractivity contribution in [1.29, 1.82) is 0 Å². The van der Waals surface area contributed by atoms with Crippen LogP contribution in [0.25, 0.3) is 0 Å². The molecule has 70 valence electrons. The van der Waals surface area contributed by atoms with Crippen molar-refractivity contribution in [2.75, 3.05) is 0 Å². The van der Waals surface area contributed by atoms with E-state index in [4.69, 9.17) is 16.8 Å². The lowest BCUT2D eigenvalue weighted by Crippen LogP contribution is -1.99. The third-order valence-electron chi connectivity index (χ3n) is 1.56. The van der Waals surface area contributed by atoms with Gasteiger partial charge in [0.1, 0.15) is 11.6 Å². The molecule has 0 saturated carbocycles. The summed E-state index contributed by atoms with van der Waals surface area (Å²) < 4.78 is 25.9. The molecule has 0 unspecified atom stereocenters. The Balaban J connectivity index is 3.32. The molecule has 0 spiro atoms. The Morgan fingerprint density at radius 1 is 1.38 bits per heavy atom. The number of oxime groups is 1. The summed E-state index contributed by atoms with van der Waals surface area (Å²) in [6.07, 6.45) is 0. The molecule has 0 heterocycles. The van der Waals surface area contributed by atoms with E-state index >= 15 is 0 Å². The fraction of sp³-hybridized carbons (Fsp3) is 0.125. The van der Waals surface area contributed by atoms with E-state index < -0.39 is 16.8 Å². The predicted octanol–water partition coefficient (Wildman–Crippen LogP) is 2.65. The maximum atomic E-state index is 13.0. The summed E-state index contributed by atoms with van der Waals surface area (Å²) >= 11 is 5.31. The Bertz CT molecular complexity index is 365. The minimum atomic E-state index is -0.721. The maximum Gasteiger partial charge on any atom is 0.178 e. The molecular formula is C8H6ClF2NO. The van der Waals surface area contributed by atoms with Gasteiger partial charge in [-0.1, -0.05) is 16.8 Å². The molecule has 0 aliphatic heterocycles. The van der Waals surface area contributed by atoms with Crippen LogP contribution in [0.2, 0.25) is 0 Å². The van der Waals surface area contributed by atoms with Crippen LogP contribution in [0.15, 0.2) is 17.3 Å². The van der Waals surface area contributed by atoms with Crippen molar-refractivity contribution in [3.8, 4) is 0 Å². The van der Waals surface area contributed by atoms with Gasteiger partial charge in [-0.05, 0) is 24.6 Å². The fourth-order valence-corrected chi connectivity index (χ4v) is 1.00. The van der Waals surface area contributed by atoms with Crippen molar-refractivity contribution >= 4 is 16.8 Å². The van der Waals surface area contributed by atoms with Crippen LogP contribution < -0.4 is 0 Å². The second-order valence-electron chi connectivity index (χ2n) is 2.47. The number of benzene rings is 1. The van der Waals surface area contributed by atoms with E-state index in [1.165, 1.54) is 6.92 Å². The third kappa shape index (κ3) is 1.95. The molecule has 2 nitrogen and oxygen atoms in total. The average Bonchev–Trinajstić information content (AvgIpc) is 2.10. The lowest BCUT2D eigenvalue weighted by Gasteiger charge is -2.01. The van der Waals surface area contributed by atoms with E-state index in [2.05, 4.69) is 5.16 Å². The number of hydrogen-bond donors (Lipinski definition) is 1. The highest BCUT2D eigenvalue weighted by Gasteiger charge is 2.11. The molecule has 13 heavy (non-hydrogen) atoms. The molecule has 5 heteroatoms. The van der Waals surface area contributed by atoms with Crippen LogP contribution in [-0.2, 0) is 0 Å². The average molecular weight is 206 g/mol. The molecular weight excluding hydrogens is 200 g/mol. The summed E-state index contributed by atoms with van der Waals surface area (Å²) in [7, 11) is 0. The number of hydrogen-bond acceptors (Lipinski definition) is 2. The lowest BCUT2D eigenvalue weighted by molar-refractivity contribution is 0.320. The van der Waals surface area contributed by atoms with Crippen molar-refractivity contribution in [2.24, 2.45) is 5.16 Å². The quantitative estimate of drug-likeness (QED) is 0.427. The van der Waals surface area contributed by atoms with Gasteiger partial charge in [0.25, 0.3) is 0 Å². The smallest absolute Gasteiger partial charge is 0.178 e. The van der Waals surface area contributed by atoms with Gasteiger partial charge in [-0.25, -0.2) is 8.78 Å². The van der Waals surface area contributed by atoms with Gasteiger partial charge in [0.2, 0.25) is 0 Å². The zero-order chi connectivity index (χ0) is 10.0. The Labute approximate surface area is 78.4 Å². The van der Waals surface area contributed by atoms with Crippen LogP contribution in [0.4, 0.5) is 8.78 Å². The van der Waals surface area contributed by atoms with E-state index in [-0.39, 0.29) is 11.1 Å². The molecule has 1 N–H and O–H groups in total. The van der Waals surface area contributed by atoms with Gasteiger partial charge in [-0.2, -0.15) is 0 Å². The fourth-order valence-electron chi connectivity index (χ4n) is 0.858. The maximum absolute atomic E-state index is 13.0. The summed E-state index contributed by atoms with van der Waals surface area (Å²) in [5.74, 6) is -1.32. The second-order valence-corrected chi connectivity index (χ2v) is 2.83. The molecule has 0 aliphatic rings. The Kier molecular flexibility index (Phi) is 2.83. The van der Waals surface area contributed by atoms with Crippen molar-refractivity contribution in [3.05, 3.63) is 34.9 Å². The van der Waals surface area contributed by atoms with Crippen LogP contribution in [0.3, 0.4) is 0 Å². The first kappa shape index (κ1) is 9.92. The van der Waals surface area contributed by atoms with Gasteiger partial charge in [-0.15, -0.1) is 0 Å². The molecule has 0 aliphatic carbocycles. The Hall–Kier alpha value is -1.16. The molecule has 0 fully saturated rings. The number of nitrogens with zero attached hydrogens (tertiary/aromatic N) is 1. The first-order valence-corrected chi connectivity index (χ1v) is 3.77. The van der Waals surface area contributed by atoms with Crippen LogP contribution in [0.1, 0.15) is 11.1 Å². The van der Waals surface area contributed by atoms with Crippen LogP contribution in [0.5, 0.6) is 0 Å². The van der Waals surface area contributed by atoms with Crippen LogP contribution in [-0.4, -0.2) is 10.4 Å². The van der Waals surface area contributed by atoms with E-state index in [0.717, 1.165) is 12.1 Å². The van der Waals surface area contributed by atoms with Crippen molar-refractivity contribution < 1.29 is 14.0 Å². The highest BCUT2D eigenvalue weighted by molar-refractivity contribution is 6.69. The van der Waals surface area contributed by atoms with Crippen LogP contribution >= 0.6 is 11.6 Å². The largest absolute Gasteiger partial charge is 0.410 e. The third-order valence-corrected chi connectivity index (χ3v) is 1.84. The van der Waals surface area contributed by atoms with E-state index in [9.17, 15) is 8.78 Å². The summed E-state index contributed by atoms with van der Waals surface area (Å²) in [6.45, 7) is 1.42. The van der Waals surface area contributed by atoms with Gasteiger partial charge in [0.15, 0.2) is 5.17 Å². The molecule has 1 rings (SSSR count). The first-order chi connectivity index (χ1) is 6.06. The van der Waals surface area contributed by atoms with E-state index in [0.29, 0.717) is 0 Å². The number of aryl methyl sites for hydroxylation is 1. The first-order valence-electron chi connectivity index (χ1n) is 3.40. The minimum Gasteiger partial charge on any atom is -0.410 e. The van der Waals surface area contributed by atoms with Gasteiger partial charge < -0.3 is 5.21 Å². The molecule has 0 radical (unpaired) electrons. The molecule has 0 bridgehead atoms. The molecule has 0 atom stereocenters. The Morgan fingerprint density at radius 2 is 2.00 bits per heavy atom. The molecule has 0 aromatic heterocycles. The van der Waals surface area contributed by atoms with Gasteiger partial charge in [0, 0.05) is 0 Å². The van der Waals surface area contributed by atoms with Gasteiger partial charge >= 0.3 is 0 Å². The normalized spacial score (nSPS) is 11.8. The zero-order valence-corrected chi connectivity index (χ0v) is 7.44. The number of rotatable bonds is 1. The highest BCUT2D eigenvalue weighted by atomic mass is 35.5. The van der Waals surface area contributed by atoms with E-state index in [1.54, 1.807) is 0 Å². The summed E-state index contributed by atoms with van der Waals surface area (Å²) in [4.78, 5) is 0. The van der Waals surface area contributed by atoms with Crippen molar-refractivity contribution in [2.45, 2.75) is 6.92 Å². The lowest BCUT2D eigenvalue weighted by atomic mass is 10.1. The standard InChI is InChI=1S/C8H6ClF2NO/c1-4-2-7(11)5(3-6(4)10)8(9)12-13/h2-3,13H,1H3/b12-8-. The number of halogens is 3. The second kappa shape index (κ2) is 3.70. The van der Waals surface area contributed by atoms with Crippen LogP contribution in [0, 0.1) is 18.6 Å². The highest BCUT2D eigenvalue weighted by Crippen LogP contribution is 2.16. The molecule has 1 aromatic carbocycles. The molecule has 0 amide bonds. The van der Waals surface area contributed by atoms with E-state index in [1.807, 2.05) is 0 Å². The molecule has 0 saturated heterocycles. The van der Waals surface area contributed by atoms with Gasteiger partial charge in [0.05, 0.1) is 5.56 Å². The molecule has 1 aromatic rings. The SMILES string of the molecule is Cc1cc(F)c(/C(Cl)=N/O)cc1F. The summed E-state index contributed by atoms with van der Waals surface area (Å²) in [5, 5.41) is 10.3.